The van der Waals surface area contributed by atoms with E-state index < -0.39 is 0 Å². The molecule has 6 rings (SSSR count). The number of carbonyl (C=O) groups excluding carboxylic acids is 2. The van der Waals surface area contributed by atoms with Gasteiger partial charge in [-0.25, -0.2) is 4.79 Å². The highest BCUT2D eigenvalue weighted by Gasteiger charge is 2.46. The van der Waals surface area contributed by atoms with E-state index in [1.165, 1.54) is 22.3 Å². The first-order valence-electron chi connectivity index (χ1n) is 13.4. The highest BCUT2D eigenvalue weighted by atomic mass is 16.6. The normalized spacial score (nSPS) is 21.5. The minimum Gasteiger partial charge on any atom is -0.497 e. The fraction of sp³-hybridized carbons (Fsp3) is 0.375. The summed E-state index contributed by atoms with van der Waals surface area (Å²) >= 11 is 0. The minimum absolute atomic E-state index is 0.0444. The molecule has 6 heteroatoms. The van der Waals surface area contributed by atoms with Gasteiger partial charge in [-0.2, -0.15) is 0 Å². The summed E-state index contributed by atoms with van der Waals surface area (Å²) in [5.74, 6) is 1.56. The van der Waals surface area contributed by atoms with Gasteiger partial charge < -0.3 is 19.1 Å². The number of benzene rings is 3. The van der Waals surface area contributed by atoms with Crippen LogP contribution in [0, 0.1) is 5.92 Å². The first-order valence-corrected chi connectivity index (χ1v) is 13.4. The molecule has 1 amide bonds. The highest BCUT2D eigenvalue weighted by Crippen LogP contribution is 2.45. The predicted molar refractivity (Wildman–Crippen MR) is 145 cm³/mol. The number of rotatable bonds is 7. The predicted octanol–water partition coefficient (Wildman–Crippen LogP) is 6.01. The number of hydrogen-bond acceptors (Lipinski definition) is 5. The summed E-state index contributed by atoms with van der Waals surface area (Å²) in [5.41, 5.74) is 5.75. The van der Waals surface area contributed by atoms with Crippen LogP contribution in [0.2, 0.25) is 0 Å². The number of Topliss-reactive ketones (excluding diaryl/α,β-unsaturated/α-hetero) is 1. The number of piperidine rings is 1. The number of ketones is 1. The monoisotopic (exact) mass is 511 g/mol. The third-order valence-electron chi connectivity index (χ3n) is 8.52. The molecule has 2 heterocycles. The van der Waals surface area contributed by atoms with E-state index in [4.69, 9.17) is 14.2 Å². The number of methoxy groups -OCH3 is 2. The topological polar surface area (TPSA) is 65.1 Å². The van der Waals surface area contributed by atoms with Crippen molar-refractivity contribution in [2.45, 2.75) is 50.1 Å². The second-order valence-electron chi connectivity index (χ2n) is 10.6. The molecule has 2 bridgehead atoms. The molecule has 0 spiro atoms. The summed E-state index contributed by atoms with van der Waals surface area (Å²) in [6.07, 6.45) is 3.32. The number of ether oxygens (including phenoxy) is 3. The first-order chi connectivity index (χ1) is 18.6. The van der Waals surface area contributed by atoms with Gasteiger partial charge in [-0.1, -0.05) is 48.5 Å². The lowest BCUT2D eigenvalue weighted by molar-refractivity contribution is -0.124. The maximum Gasteiger partial charge on any atom is 0.410 e. The zero-order chi connectivity index (χ0) is 26.2. The van der Waals surface area contributed by atoms with Crippen LogP contribution in [0.4, 0.5) is 4.79 Å². The molecule has 196 valence electrons. The molecular weight excluding hydrogens is 478 g/mol. The third kappa shape index (κ3) is 4.42. The maximum atomic E-state index is 13.3. The van der Waals surface area contributed by atoms with Gasteiger partial charge in [0.05, 0.1) is 14.2 Å². The summed E-state index contributed by atoms with van der Waals surface area (Å²) in [6.45, 7) is 0.322. The zero-order valence-electron chi connectivity index (χ0n) is 21.9. The molecule has 2 atom stereocenters. The van der Waals surface area contributed by atoms with Crippen LogP contribution in [0.25, 0.3) is 11.1 Å². The van der Waals surface area contributed by atoms with Crippen molar-refractivity contribution >= 4 is 11.9 Å². The van der Waals surface area contributed by atoms with Crippen molar-refractivity contribution in [2.24, 2.45) is 5.92 Å². The molecule has 38 heavy (non-hydrogen) atoms. The van der Waals surface area contributed by atoms with Crippen molar-refractivity contribution in [2.75, 3.05) is 20.8 Å². The van der Waals surface area contributed by atoms with Gasteiger partial charge in [0.1, 0.15) is 23.9 Å². The molecule has 0 radical (unpaired) electrons. The van der Waals surface area contributed by atoms with Gasteiger partial charge in [0, 0.05) is 36.4 Å². The summed E-state index contributed by atoms with van der Waals surface area (Å²) in [7, 11) is 3.22. The Morgan fingerprint density at radius 3 is 1.92 bits per heavy atom. The molecule has 0 saturated carbocycles. The van der Waals surface area contributed by atoms with Crippen LogP contribution in [0.3, 0.4) is 0 Å². The molecule has 1 aliphatic carbocycles. The average molecular weight is 512 g/mol. The quantitative estimate of drug-likeness (QED) is 0.389. The molecule has 0 aromatic heterocycles. The SMILES string of the molecule is COc1cc(CC(=O)C2CC3CCC(C2)N3C(=O)OCC2c3ccccc3-c3ccccc32)cc(OC)c1. The van der Waals surface area contributed by atoms with Crippen molar-refractivity contribution in [3.8, 4) is 22.6 Å². The van der Waals surface area contributed by atoms with Gasteiger partial charge in [-0.3, -0.25) is 4.79 Å². The standard InChI is InChI=1S/C32H33NO5/c1-36-24-13-20(14-25(18-24)37-2)15-31(34)21-16-22-11-12-23(17-21)33(22)32(35)38-19-30-28-9-5-3-7-26(28)27-8-4-6-10-29(27)30/h3-10,13-14,18,21-23,30H,11-12,15-17,19H2,1-2H3. The summed E-state index contributed by atoms with van der Waals surface area (Å²) in [4.78, 5) is 28.5. The summed E-state index contributed by atoms with van der Waals surface area (Å²) in [6, 6.07) is 22.4. The Kier molecular flexibility index (Phi) is 6.56. The van der Waals surface area contributed by atoms with E-state index in [-0.39, 0.29) is 35.8 Å². The lowest BCUT2D eigenvalue weighted by atomic mass is 9.85. The van der Waals surface area contributed by atoms with Gasteiger partial charge in [0.2, 0.25) is 0 Å². The molecule has 3 aromatic carbocycles. The first kappa shape index (κ1) is 24.5. The van der Waals surface area contributed by atoms with Crippen molar-refractivity contribution < 1.29 is 23.8 Å². The second-order valence-corrected chi connectivity index (χ2v) is 10.6. The maximum absolute atomic E-state index is 13.3. The molecular formula is C32H33NO5. The average Bonchev–Trinajstić information content (AvgIpc) is 3.41. The number of hydrogen-bond donors (Lipinski definition) is 0. The Morgan fingerprint density at radius 2 is 1.37 bits per heavy atom. The number of fused-ring (bicyclic) bond motifs is 5. The smallest absolute Gasteiger partial charge is 0.410 e. The molecule has 2 unspecified atom stereocenters. The second kappa shape index (κ2) is 10.2. The molecule has 0 N–H and O–H groups in total. The molecule has 2 fully saturated rings. The van der Waals surface area contributed by atoms with Gasteiger partial charge in [-0.15, -0.1) is 0 Å². The Morgan fingerprint density at radius 1 is 0.816 bits per heavy atom. The highest BCUT2D eigenvalue weighted by molar-refractivity contribution is 5.84. The Bertz CT molecular complexity index is 1290. The van der Waals surface area contributed by atoms with Crippen molar-refractivity contribution in [1.29, 1.82) is 0 Å². The lowest BCUT2D eigenvalue weighted by Gasteiger charge is -2.37. The van der Waals surface area contributed by atoms with Crippen molar-refractivity contribution in [1.82, 2.24) is 4.90 Å². The number of amides is 1. The molecule has 3 aromatic rings. The zero-order valence-corrected chi connectivity index (χ0v) is 21.9. The van der Waals surface area contributed by atoms with Crippen LogP contribution in [0.1, 0.15) is 48.3 Å². The largest absolute Gasteiger partial charge is 0.497 e. The molecule has 2 aliphatic heterocycles. The van der Waals surface area contributed by atoms with E-state index in [0.29, 0.717) is 37.4 Å². The summed E-state index contributed by atoms with van der Waals surface area (Å²) < 4.78 is 16.7. The molecule has 2 saturated heterocycles. The van der Waals surface area contributed by atoms with Gasteiger partial charge in [0.25, 0.3) is 0 Å². The Balaban J connectivity index is 1.10. The molecule has 3 aliphatic rings. The molecule has 6 nitrogen and oxygen atoms in total. The Hall–Kier alpha value is -3.80. The van der Waals surface area contributed by atoms with Crippen LogP contribution in [0.5, 0.6) is 11.5 Å². The van der Waals surface area contributed by atoms with Crippen molar-refractivity contribution in [3.63, 3.8) is 0 Å². The van der Waals surface area contributed by atoms with Gasteiger partial charge >= 0.3 is 6.09 Å². The lowest BCUT2D eigenvalue weighted by Crippen LogP contribution is -2.48. The van der Waals surface area contributed by atoms with E-state index in [9.17, 15) is 9.59 Å². The van der Waals surface area contributed by atoms with E-state index >= 15 is 0 Å². The fourth-order valence-corrected chi connectivity index (χ4v) is 6.72. The van der Waals surface area contributed by atoms with Gasteiger partial charge in [0.15, 0.2) is 0 Å². The number of nitrogens with zero attached hydrogens (tertiary/aromatic N) is 1. The van der Waals surface area contributed by atoms with Crippen LogP contribution in [-0.4, -0.2) is 49.7 Å². The van der Waals surface area contributed by atoms with Crippen LogP contribution in [0.15, 0.2) is 66.7 Å². The van der Waals surface area contributed by atoms with E-state index in [1.54, 1.807) is 20.3 Å². The van der Waals surface area contributed by atoms with Gasteiger partial charge in [-0.05, 0) is 65.6 Å². The Labute approximate surface area is 223 Å². The van der Waals surface area contributed by atoms with E-state index in [0.717, 1.165) is 18.4 Å². The summed E-state index contributed by atoms with van der Waals surface area (Å²) in [5, 5.41) is 0. The van der Waals surface area contributed by atoms with E-state index in [1.807, 2.05) is 29.2 Å². The number of carbonyl (C=O) groups is 2. The van der Waals surface area contributed by atoms with Crippen LogP contribution in [-0.2, 0) is 16.0 Å². The third-order valence-corrected chi connectivity index (χ3v) is 8.52. The van der Waals surface area contributed by atoms with E-state index in [2.05, 4.69) is 36.4 Å². The fourth-order valence-electron chi connectivity index (χ4n) is 6.72. The van der Waals surface area contributed by atoms with Crippen molar-refractivity contribution in [3.05, 3.63) is 83.4 Å². The minimum atomic E-state index is -0.247. The van der Waals surface area contributed by atoms with Crippen LogP contribution < -0.4 is 9.47 Å². The van der Waals surface area contributed by atoms with Crippen LogP contribution >= 0.6 is 0 Å².